The first-order valence-corrected chi connectivity index (χ1v) is 8.20. The highest BCUT2D eigenvalue weighted by Crippen LogP contribution is 2.43. The number of anilines is 1. The Hall–Kier alpha value is -3.93. The predicted molar refractivity (Wildman–Crippen MR) is 95.3 cm³/mol. The molecule has 3 heterocycles. The molecule has 1 unspecified atom stereocenters. The van der Waals surface area contributed by atoms with E-state index in [1.54, 1.807) is 19.2 Å². The van der Waals surface area contributed by atoms with Gasteiger partial charge < -0.3 is 10.1 Å². The van der Waals surface area contributed by atoms with Gasteiger partial charge in [-0.1, -0.05) is 12.1 Å². The van der Waals surface area contributed by atoms with Crippen molar-refractivity contribution < 1.29 is 14.2 Å². The molecule has 0 saturated carbocycles. The number of hydrogen-bond donors (Lipinski definition) is 2. The lowest BCUT2D eigenvalue weighted by Crippen LogP contribution is -2.16. The van der Waals surface area contributed by atoms with E-state index in [9.17, 15) is 4.79 Å². The lowest BCUT2D eigenvalue weighted by molar-refractivity contribution is -0.137. The standard InChI is InChI=1S/C18H14N6O3/c1-3-26-14(25)8-7-12-17(19-2)15(11-9-20-22-18(11)21-12)10-5-4-6-13-16(10)24-27-23-13/h4-9,15H,3H2,1H3,(H2,20,21,22)/b8-7+. The molecule has 0 aliphatic carbocycles. The number of ether oxygens (including phenoxy) is 1. The van der Waals surface area contributed by atoms with Gasteiger partial charge in [0.1, 0.15) is 16.9 Å². The van der Waals surface area contributed by atoms with E-state index in [4.69, 9.17) is 15.9 Å². The molecule has 9 heteroatoms. The molecule has 0 radical (unpaired) electrons. The van der Waals surface area contributed by atoms with E-state index in [1.807, 2.05) is 12.1 Å². The number of allylic oxidation sites excluding steroid dienone is 2. The maximum Gasteiger partial charge on any atom is 0.330 e. The highest BCUT2D eigenvalue weighted by Gasteiger charge is 2.33. The second-order valence-corrected chi connectivity index (χ2v) is 5.73. The number of H-pyrrole nitrogens is 1. The van der Waals surface area contributed by atoms with E-state index in [1.165, 1.54) is 12.2 Å². The third kappa shape index (κ3) is 2.83. The van der Waals surface area contributed by atoms with Crippen LogP contribution in [0.3, 0.4) is 0 Å². The number of esters is 1. The van der Waals surface area contributed by atoms with Crippen molar-refractivity contribution >= 4 is 22.8 Å². The van der Waals surface area contributed by atoms with Gasteiger partial charge >= 0.3 is 5.97 Å². The molecule has 3 aromatic rings. The maximum absolute atomic E-state index is 11.7. The summed E-state index contributed by atoms with van der Waals surface area (Å²) in [4.78, 5) is 15.4. The summed E-state index contributed by atoms with van der Waals surface area (Å²) < 4.78 is 9.77. The van der Waals surface area contributed by atoms with Gasteiger partial charge in [-0.15, -0.1) is 0 Å². The molecule has 2 aromatic heterocycles. The van der Waals surface area contributed by atoms with Crippen LogP contribution in [0.15, 0.2) is 52.6 Å². The Balaban J connectivity index is 1.87. The predicted octanol–water partition coefficient (Wildman–Crippen LogP) is 2.75. The zero-order valence-electron chi connectivity index (χ0n) is 14.3. The number of nitrogens with one attached hydrogen (secondary N) is 2. The number of hydrogen-bond acceptors (Lipinski definition) is 7. The third-order valence-corrected chi connectivity index (χ3v) is 4.21. The Morgan fingerprint density at radius 3 is 3.11 bits per heavy atom. The normalized spacial score (nSPS) is 16.2. The van der Waals surface area contributed by atoms with E-state index in [2.05, 4.69) is 30.7 Å². The summed E-state index contributed by atoms with van der Waals surface area (Å²) in [6, 6.07) is 5.49. The monoisotopic (exact) mass is 362 g/mol. The molecule has 1 aromatic carbocycles. The first-order valence-electron chi connectivity index (χ1n) is 8.20. The van der Waals surface area contributed by atoms with Crippen molar-refractivity contribution in [1.82, 2.24) is 20.5 Å². The molecule has 0 fully saturated rings. The second-order valence-electron chi connectivity index (χ2n) is 5.73. The first-order chi connectivity index (χ1) is 13.2. The fraction of sp³-hybridized carbons (Fsp3) is 0.167. The number of aromatic amines is 1. The summed E-state index contributed by atoms with van der Waals surface area (Å²) in [5.74, 6) is -0.273. The zero-order chi connectivity index (χ0) is 18.8. The van der Waals surface area contributed by atoms with Crippen LogP contribution in [0.5, 0.6) is 0 Å². The SMILES string of the molecule is [C-]#[N+]C1=C(/C=C/C(=O)OCC)Nc2[nH]ncc2C1c1cccc2nonc12. The van der Waals surface area contributed by atoms with Gasteiger partial charge in [-0.05, 0) is 34.9 Å². The molecule has 0 bridgehead atoms. The van der Waals surface area contributed by atoms with E-state index in [-0.39, 0.29) is 6.61 Å². The number of fused-ring (bicyclic) bond motifs is 2. The largest absolute Gasteiger partial charge is 0.463 e. The van der Waals surface area contributed by atoms with Crippen LogP contribution in [0.4, 0.5) is 5.82 Å². The van der Waals surface area contributed by atoms with Crippen molar-refractivity contribution in [2.75, 3.05) is 11.9 Å². The maximum atomic E-state index is 11.7. The summed E-state index contributed by atoms with van der Waals surface area (Å²) in [5.41, 5.74) is 3.62. The third-order valence-electron chi connectivity index (χ3n) is 4.21. The highest BCUT2D eigenvalue weighted by molar-refractivity contribution is 5.84. The fourth-order valence-electron chi connectivity index (χ4n) is 3.08. The van der Waals surface area contributed by atoms with Crippen LogP contribution >= 0.6 is 0 Å². The molecule has 9 nitrogen and oxygen atoms in total. The Bertz CT molecular complexity index is 1120. The summed E-state index contributed by atoms with van der Waals surface area (Å²) in [6.07, 6.45) is 4.48. The first kappa shape index (κ1) is 16.5. The molecular weight excluding hydrogens is 348 g/mol. The van der Waals surface area contributed by atoms with Gasteiger partial charge in [0.2, 0.25) is 0 Å². The average Bonchev–Trinajstić information content (AvgIpc) is 3.34. The van der Waals surface area contributed by atoms with Crippen LogP contribution in [-0.4, -0.2) is 33.1 Å². The van der Waals surface area contributed by atoms with Crippen LogP contribution in [0.1, 0.15) is 24.0 Å². The van der Waals surface area contributed by atoms with E-state index in [0.29, 0.717) is 28.2 Å². The molecule has 2 N–H and O–H groups in total. The summed E-state index contributed by atoms with van der Waals surface area (Å²) in [7, 11) is 0. The van der Waals surface area contributed by atoms with Gasteiger partial charge in [0.25, 0.3) is 0 Å². The van der Waals surface area contributed by atoms with Gasteiger partial charge in [-0.25, -0.2) is 14.3 Å². The lowest BCUT2D eigenvalue weighted by atomic mass is 9.86. The molecule has 0 saturated heterocycles. The number of aromatic nitrogens is 4. The summed E-state index contributed by atoms with van der Waals surface area (Å²) in [6.45, 7) is 9.73. The minimum atomic E-state index is -0.481. The van der Waals surface area contributed by atoms with Crippen molar-refractivity contribution in [2.45, 2.75) is 12.8 Å². The van der Waals surface area contributed by atoms with Crippen LogP contribution in [0.2, 0.25) is 0 Å². The molecule has 27 heavy (non-hydrogen) atoms. The van der Waals surface area contributed by atoms with Crippen molar-refractivity contribution in [3.63, 3.8) is 0 Å². The molecule has 1 aliphatic heterocycles. The van der Waals surface area contributed by atoms with Gasteiger partial charge in [0.05, 0.1) is 25.3 Å². The molecule has 1 aliphatic rings. The second kappa shape index (κ2) is 6.76. The van der Waals surface area contributed by atoms with Crippen LogP contribution < -0.4 is 5.32 Å². The Morgan fingerprint density at radius 1 is 1.41 bits per heavy atom. The fourth-order valence-corrected chi connectivity index (χ4v) is 3.08. The van der Waals surface area contributed by atoms with Crippen molar-refractivity contribution in [3.05, 3.63) is 70.5 Å². The van der Waals surface area contributed by atoms with Crippen molar-refractivity contribution in [3.8, 4) is 0 Å². The quantitative estimate of drug-likeness (QED) is 0.417. The molecule has 1 atom stereocenters. The van der Waals surface area contributed by atoms with Gasteiger partial charge in [0.15, 0.2) is 5.70 Å². The number of benzene rings is 1. The molecule has 0 spiro atoms. The number of rotatable bonds is 4. The smallest absolute Gasteiger partial charge is 0.330 e. The molecule has 4 rings (SSSR count). The Morgan fingerprint density at radius 2 is 2.30 bits per heavy atom. The molecule has 0 amide bonds. The van der Waals surface area contributed by atoms with Gasteiger partial charge in [-0.2, -0.15) is 5.10 Å². The molecule has 134 valence electrons. The highest BCUT2D eigenvalue weighted by atomic mass is 16.6. The van der Waals surface area contributed by atoms with Crippen molar-refractivity contribution in [2.24, 2.45) is 0 Å². The number of carbonyl (C=O) groups excluding carboxylic acids is 1. The lowest BCUT2D eigenvalue weighted by Gasteiger charge is -2.24. The van der Waals surface area contributed by atoms with E-state index < -0.39 is 11.9 Å². The minimum Gasteiger partial charge on any atom is -0.463 e. The van der Waals surface area contributed by atoms with E-state index in [0.717, 1.165) is 11.1 Å². The Labute approximate surface area is 153 Å². The summed E-state index contributed by atoms with van der Waals surface area (Å²) >= 11 is 0. The summed E-state index contributed by atoms with van der Waals surface area (Å²) in [5, 5.41) is 17.9. The zero-order valence-corrected chi connectivity index (χ0v) is 14.3. The number of carbonyl (C=O) groups is 1. The van der Waals surface area contributed by atoms with Crippen molar-refractivity contribution in [1.29, 1.82) is 0 Å². The minimum absolute atomic E-state index is 0.278. The number of nitrogens with zero attached hydrogens (tertiary/aromatic N) is 4. The molecular formula is C18H14N6O3. The van der Waals surface area contributed by atoms with Crippen LogP contribution in [-0.2, 0) is 9.53 Å². The van der Waals surface area contributed by atoms with Crippen LogP contribution in [0.25, 0.3) is 15.9 Å². The van der Waals surface area contributed by atoms with E-state index >= 15 is 0 Å². The van der Waals surface area contributed by atoms with Gasteiger partial charge in [0, 0.05) is 17.3 Å². The topological polar surface area (TPSA) is 110 Å². The average molecular weight is 362 g/mol. The Kier molecular flexibility index (Phi) is 4.14. The van der Waals surface area contributed by atoms with Gasteiger partial charge in [-0.3, -0.25) is 5.10 Å². The van der Waals surface area contributed by atoms with Crippen LogP contribution in [0, 0.1) is 6.57 Å².